The third-order valence-electron chi connectivity index (χ3n) is 11.8. The molecule has 2 aliphatic rings. The molecule has 60 heavy (non-hydrogen) atoms. The van der Waals surface area contributed by atoms with Crippen molar-refractivity contribution in [2.75, 3.05) is 39.3 Å². The molecule has 0 atom stereocenters. The monoisotopic (exact) mass is 850 g/mol. The predicted molar refractivity (Wildman–Crippen MR) is 242 cm³/mol. The van der Waals surface area contributed by atoms with E-state index >= 15 is 0 Å². The molecule has 14 heteroatoms. The Kier molecular flexibility index (Phi) is 14.8. The van der Waals surface area contributed by atoms with Crippen LogP contribution in [-0.2, 0) is 26.2 Å². The van der Waals surface area contributed by atoms with Crippen LogP contribution in [0.15, 0.2) is 82.9 Å². The first-order valence-electron chi connectivity index (χ1n) is 21.0. The predicted octanol–water partition coefficient (Wildman–Crippen LogP) is 6.63. The van der Waals surface area contributed by atoms with E-state index in [0.29, 0.717) is 25.2 Å². The van der Waals surface area contributed by atoms with E-state index in [1.54, 1.807) is 0 Å². The third-order valence-corrected chi connectivity index (χ3v) is 12.6. The second kappa shape index (κ2) is 20.3. The van der Waals surface area contributed by atoms with E-state index in [1.165, 1.54) is 12.4 Å². The second-order valence-corrected chi connectivity index (χ2v) is 17.1. The van der Waals surface area contributed by atoms with Crippen molar-refractivity contribution < 1.29 is 0 Å². The van der Waals surface area contributed by atoms with Gasteiger partial charge in [0.15, 0.2) is 0 Å². The Bertz CT molecular complexity index is 2350. The van der Waals surface area contributed by atoms with E-state index in [4.69, 9.17) is 23.2 Å². The van der Waals surface area contributed by atoms with Gasteiger partial charge in [0, 0.05) is 63.7 Å². The third kappa shape index (κ3) is 11.4. The summed E-state index contributed by atoms with van der Waals surface area (Å²) < 4.78 is 3.71. The summed E-state index contributed by atoms with van der Waals surface area (Å²) in [4.78, 5) is 46.9. The molecule has 2 saturated heterocycles. The number of halogens is 2. The molecule has 0 spiro atoms. The maximum Gasteiger partial charge on any atom is 0.269 e. The fourth-order valence-electron chi connectivity index (χ4n) is 8.02. The SMILES string of the molecule is Cc1ccc2ncc(=O)n(CCN3CCC(NCc4cnc(C)c(Cl)c4)CC3)c2c1.Cc1ccc2ncc(=O)n(CCN3CCC(NCc4cnc(C)c(Cl)c4)CC3)c2c1. The Morgan fingerprint density at radius 3 is 1.33 bits per heavy atom. The summed E-state index contributed by atoms with van der Waals surface area (Å²) in [6.07, 6.45) is 11.0. The lowest BCUT2D eigenvalue weighted by Gasteiger charge is -2.32. The zero-order chi connectivity index (χ0) is 42.2. The van der Waals surface area contributed by atoms with Gasteiger partial charge in [0.05, 0.1) is 55.9 Å². The zero-order valence-electron chi connectivity index (χ0n) is 35.1. The van der Waals surface area contributed by atoms with E-state index in [9.17, 15) is 9.59 Å². The molecule has 8 rings (SSSR count). The fourth-order valence-corrected chi connectivity index (χ4v) is 8.40. The number of pyridine rings is 2. The molecule has 12 nitrogen and oxygen atoms in total. The van der Waals surface area contributed by atoms with E-state index in [0.717, 1.165) is 144 Å². The van der Waals surface area contributed by atoms with Crippen LogP contribution in [0.5, 0.6) is 0 Å². The number of fused-ring (bicyclic) bond motifs is 2. The van der Waals surface area contributed by atoms with Crippen molar-refractivity contribution in [2.45, 2.75) is 91.6 Å². The Labute approximate surface area is 362 Å². The summed E-state index contributed by atoms with van der Waals surface area (Å²) in [7, 11) is 0. The number of hydrogen-bond donors (Lipinski definition) is 2. The van der Waals surface area contributed by atoms with Gasteiger partial charge >= 0.3 is 0 Å². The van der Waals surface area contributed by atoms with E-state index < -0.39 is 0 Å². The van der Waals surface area contributed by atoms with E-state index in [2.05, 4.69) is 40.4 Å². The van der Waals surface area contributed by atoms with Gasteiger partial charge in [0.25, 0.3) is 11.1 Å². The van der Waals surface area contributed by atoms with Gasteiger partial charge in [0.1, 0.15) is 0 Å². The molecule has 0 bridgehead atoms. The number of likely N-dealkylation sites (tertiary alicyclic amines) is 2. The van der Waals surface area contributed by atoms with Crippen LogP contribution in [0.1, 0.15) is 59.3 Å². The van der Waals surface area contributed by atoms with Gasteiger partial charge in [-0.05, 0) is 138 Å². The summed E-state index contributed by atoms with van der Waals surface area (Å²) in [5.41, 5.74) is 9.76. The van der Waals surface area contributed by atoms with Crippen LogP contribution >= 0.6 is 23.2 Å². The fraction of sp³-hybridized carbons (Fsp3) is 0.435. The maximum atomic E-state index is 12.4. The Hall–Kier alpha value is -4.56. The molecule has 2 fully saturated rings. The minimum absolute atomic E-state index is 0.0324. The Balaban J connectivity index is 0.000000181. The van der Waals surface area contributed by atoms with Crippen molar-refractivity contribution in [2.24, 2.45) is 0 Å². The minimum atomic E-state index is -0.0324. The first-order chi connectivity index (χ1) is 29.0. The van der Waals surface area contributed by atoms with Crippen LogP contribution in [0, 0.1) is 27.7 Å². The maximum absolute atomic E-state index is 12.4. The Morgan fingerprint density at radius 2 is 0.950 bits per heavy atom. The summed E-state index contributed by atoms with van der Waals surface area (Å²) in [6.45, 7) is 16.7. The number of aromatic nitrogens is 6. The number of nitrogens with zero attached hydrogens (tertiary/aromatic N) is 8. The van der Waals surface area contributed by atoms with Gasteiger partial charge in [-0.15, -0.1) is 0 Å². The lowest BCUT2D eigenvalue weighted by atomic mass is 10.0. The number of piperidine rings is 2. The smallest absolute Gasteiger partial charge is 0.269 e. The van der Waals surface area contributed by atoms with Crippen LogP contribution in [0.3, 0.4) is 0 Å². The first-order valence-corrected chi connectivity index (χ1v) is 21.8. The molecular formula is C46H56Cl2N10O2. The number of hydrogen-bond acceptors (Lipinski definition) is 10. The second-order valence-electron chi connectivity index (χ2n) is 16.3. The van der Waals surface area contributed by atoms with Crippen molar-refractivity contribution >= 4 is 45.3 Å². The van der Waals surface area contributed by atoms with Crippen molar-refractivity contribution in [3.05, 3.63) is 138 Å². The average Bonchev–Trinajstić information content (AvgIpc) is 3.25. The molecule has 0 radical (unpaired) electrons. The van der Waals surface area contributed by atoms with Crippen molar-refractivity contribution in [3.8, 4) is 0 Å². The summed E-state index contributed by atoms with van der Waals surface area (Å²) >= 11 is 12.3. The number of aryl methyl sites for hydroxylation is 4. The average molecular weight is 852 g/mol. The Morgan fingerprint density at radius 1 is 0.550 bits per heavy atom. The van der Waals surface area contributed by atoms with Crippen LogP contribution < -0.4 is 21.8 Å². The van der Waals surface area contributed by atoms with Gasteiger partial charge in [-0.3, -0.25) is 19.6 Å². The quantitative estimate of drug-likeness (QED) is 0.139. The molecule has 0 saturated carbocycles. The highest BCUT2D eigenvalue weighted by Gasteiger charge is 2.21. The van der Waals surface area contributed by atoms with Crippen LogP contribution in [0.4, 0.5) is 0 Å². The van der Waals surface area contributed by atoms with Crippen LogP contribution in [0.25, 0.3) is 22.1 Å². The zero-order valence-corrected chi connectivity index (χ0v) is 36.6. The molecule has 0 aliphatic carbocycles. The lowest BCUT2D eigenvalue weighted by Crippen LogP contribution is -2.43. The van der Waals surface area contributed by atoms with E-state index in [-0.39, 0.29) is 11.1 Å². The molecular weight excluding hydrogens is 795 g/mol. The normalized spacial score (nSPS) is 15.7. The standard InChI is InChI=1S/2C23H28ClN5O/c2*1-16-3-4-21-22(11-16)29(23(30)15-27-21)10-9-28-7-5-19(6-8-28)26-14-18-12-20(24)17(2)25-13-18/h2*3-4,11-13,15,19,26H,5-10,14H2,1-2H3. The molecule has 6 aromatic rings. The molecule has 2 N–H and O–H groups in total. The number of rotatable bonds is 12. The van der Waals surface area contributed by atoms with Gasteiger partial charge in [-0.25, -0.2) is 9.97 Å². The largest absolute Gasteiger partial charge is 0.310 e. The van der Waals surface area contributed by atoms with Gasteiger partial charge in [-0.2, -0.15) is 0 Å². The molecule has 2 aromatic carbocycles. The van der Waals surface area contributed by atoms with E-state index in [1.807, 2.05) is 97.8 Å². The lowest BCUT2D eigenvalue weighted by molar-refractivity contribution is 0.191. The highest BCUT2D eigenvalue weighted by atomic mass is 35.5. The number of nitrogens with one attached hydrogen (secondary N) is 2. The molecule has 0 unspecified atom stereocenters. The highest BCUT2D eigenvalue weighted by molar-refractivity contribution is 6.31. The van der Waals surface area contributed by atoms with Gasteiger partial charge in [-0.1, -0.05) is 35.3 Å². The van der Waals surface area contributed by atoms with Gasteiger partial charge < -0.3 is 29.6 Å². The first kappa shape index (κ1) is 43.5. The molecule has 2 aliphatic heterocycles. The van der Waals surface area contributed by atoms with Crippen molar-refractivity contribution in [3.63, 3.8) is 0 Å². The summed E-state index contributed by atoms with van der Waals surface area (Å²) in [5.74, 6) is 0. The summed E-state index contributed by atoms with van der Waals surface area (Å²) in [6, 6.07) is 17.1. The summed E-state index contributed by atoms with van der Waals surface area (Å²) in [5, 5.41) is 8.70. The topological polar surface area (TPSA) is 126 Å². The minimum Gasteiger partial charge on any atom is -0.310 e. The van der Waals surface area contributed by atoms with Crippen LogP contribution in [0.2, 0.25) is 10.0 Å². The molecule has 6 heterocycles. The highest BCUT2D eigenvalue weighted by Crippen LogP contribution is 2.19. The molecule has 0 amide bonds. The number of benzene rings is 2. The van der Waals surface area contributed by atoms with Crippen molar-refractivity contribution in [1.29, 1.82) is 0 Å². The van der Waals surface area contributed by atoms with Gasteiger partial charge in [0.2, 0.25) is 0 Å². The van der Waals surface area contributed by atoms with Crippen LogP contribution in [-0.4, -0.2) is 90.2 Å². The van der Waals surface area contributed by atoms with Crippen molar-refractivity contribution in [1.82, 2.24) is 49.5 Å². The molecule has 4 aromatic heterocycles. The molecule has 316 valence electrons.